The van der Waals surface area contributed by atoms with Crippen molar-refractivity contribution in [1.29, 1.82) is 0 Å². The Morgan fingerprint density at radius 3 is 2.54 bits per heavy atom. The van der Waals surface area contributed by atoms with E-state index in [-0.39, 0.29) is 35.1 Å². The zero-order valence-corrected chi connectivity index (χ0v) is 23.9. The van der Waals surface area contributed by atoms with E-state index < -0.39 is 0 Å². The number of piperazine rings is 2. The Hall–Kier alpha value is -2.81. The molecule has 0 aromatic heterocycles. The van der Waals surface area contributed by atoms with Crippen molar-refractivity contribution in [3.05, 3.63) is 65.0 Å². The van der Waals surface area contributed by atoms with Gasteiger partial charge in [-0.1, -0.05) is 38.1 Å². The van der Waals surface area contributed by atoms with Gasteiger partial charge >= 0.3 is 0 Å². The van der Waals surface area contributed by atoms with Gasteiger partial charge in [0.05, 0.1) is 13.1 Å². The molecule has 5 rings (SSSR count). The van der Waals surface area contributed by atoms with Crippen LogP contribution in [0.2, 0.25) is 0 Å². The minimum absolute atomic E-state index is 0.0876. The van der Waals surface area contributed by atoms with Gasteiger partial charge in [0.15, 0.2) is 0 Å². The summed E-state index contributed by atoms with van der Waals surface area (Å²) in [5.74, 6) is 0.0144. The number of likely N-dealkylation sites (N-methyl/N-ethyl adjacent to an activating group) is 1. The minimum atomic E-state index is -0.238. The number of fused-ring (bicyclic) bond motifs is 1. The molecule has 7 nitrogen and oxygen atoms in total. The smallest absolute Gasteiger partial charge is 0.241 e. The lowest BCUT2D eigenvalue weighted by Gasteiger charge is -2.44. The number of benzene rings is 2. The molecule has 0 unspecified atom stereocenters. The van der Waals surface area contributed by atoms with Gasteiger partial charge in [-0.15, -0.1) is 0 Å². The Kier molecular flexibility index (Phi) is 7.82. The van der Waals surface area contributed by atoms with Crippen molar-refractivity contribution in [2.24, 2.45) is 0 Å². The maximum absolute atomic E-state index is 13.9. The van der Waals surface area contributed by atoms with E-state index in [0.717, 1.165) is 29.9 Å². The summed E-state index contributed by atoms with van der Waals surface area (Å²) in [5.41, 5.74) is 4.16. The molecule has 0 saturated carbocycles. The van der Waals surface area contributed by atoms with Gasteiger partial charge in [0, 0.05) is 62.0 Å². The highest BCUT2D eigenvalue weighted by atomic mass is 19.1. The second-order valence-corrected chi connectivity index (χ2v) is 12.5. The first-order valence-electron chi connectivity index (χ1n) is 14.1. The quantitative estimate of drug-likeness (QED) is 0.617. The maximum atomic E-state index is 13.9. The molecule has 3 aliphatic heterocycles. The lowest BCUT2D eigenvalue weighted by molar-refractivity contribution is -0.138. The molecule has 0 bridgehead atoms. The number of amides is 2. The van der Waals surface area contributed by atoms with Gasteiger partial charge in [-0.05, 0) is 62.2 Å². The fraction of sp³-hybridized carbons (Fsp3) is 0.548. The molecule has 1 N–H and O–H groups in total. The molecule has 2 amide bonds. The summed E-state index contributed by atoms with van der Waals surface area (Å²) in [7, 11) is 2.00. The molecule has 2 aromatic carbocycles. The molecular weight excluding hydrogens is 493 g/mol. The molecule has 0 radical (unpaired) electrons. The summed E-state index contributed by atoms with van der Waals surface area (Å²) in [6.07, 6.45) is 0.685. The van der Waals surface area contributed by atoms with E-state index in [1.54, 1.807) is 0 Å². The van der Waals surface area contributed by atoms with Crippen molar-refractivity contribution < 1.29 is 14.0 Å². The van der Waals surface area contributed by atoms with Crippen LogP contribution in [0.3, 0.4) is 0 Å². The fourth-order valence-electron chi connectivity index (χ4n) is 6.23. The summed E-state index contributed by atoms with van der Waals surface area (Å²) in [5, 5.41) is 3.55. The first kappa shape index (κ1) is 27.7. The zero-order valence-electron chi connectivity index (χ0n) is 23.9. The highest BCUT2D eigenvalue weighted by Gasteiger charge is 2.40. The fourth-order valence-corrected chi connectivity index (χ4v) is 6.23. The second-order valence-electron chi connectivity index (χ2n) is 12.5. The van der Waals surface area contributed by atoms with E-state index in [1.807, 2.05) is 29.0 Å². The van der Waals surface area contributed by atoms with Crippen molar-refractivity contribution in [2.45, 2.75) is 57.7 Å². The molecule has 39 heavy (non-hydrogen) atoms. The van der Waals surface area contributed by atoms with Crippen molar-refractivity contribution >= 4 is 17.5 Å². The second kappa shape index (κ2) is 11.0. The summed E-state index contributed by atoms with van der Waals surface area (Å²) in [6, 6.07) is 13.7. The van der Waals surface area contributed by atoms with Gasteiger partial charge in [0.1, 0.15) is 5.82 Å². The van der Waals surface area contributed by atoms with E-state index in [9.17, 15) is 14.0 Å². The number of hydrogen-bond acceptors (Lipinski definition) is 5. The molecular formula is C31H42FN5O2. The normalized spacial score (nSPS) is 25.7. The Labute approximate surface area is 231 Å². The van der Waals surface area contributed by atoms with Gasteiger partial charge in [-0.25, -0.2) is 4.39 Å². The molecule has 3 atom stereocenters. The molecule has 210 valence electrons. The van der Waals surface area contributed by atoms with Gasteiger partial charge in [-0.3, -0.25) is 19.4 Å². The Balaban J connectivity index is 1.32. The van der Waals surface area contributed by atoms with Crippen LogP contribution < -0.4 is 10.2 Å². The minimum Gasteiger partial charge on any atom is -0.338 e. The molecule has 3 aliphatic rings. The Bertz CT molecular complexity index is 1220. The highest BCUT2D eigenvalue weighted by Crippen LogP contribution is 2.41. The average Bonchev–Trinajstić information content (AvgIpc) is 3.15. The molecule has 8 heteroatoms. The summed E-state index contributed by atoms with van der Waals surface area (Å²) < 4.78 is 13.4. The lowest BCUT2D eigenvalue weighted by Crippen LogP contribution is -2.63. The average molecular weight is 536 g/mol. The van der Waals surface area contributed by atoms with Gasteiger partial charge < -0.3 is 15.1 Å². The van der Waals surface area contributed by atoms with Gasteiger partial charge in [0.2, 0.25) is 11.8 Å². The maximum Gasteiger partial charge on any atom is 0.241 e. The molecule has 2 fully saturated rings. The van der Waals surface area contributed by atoms with Crippen LogP contribution in [0.15, 0.2) is 42.5 Å². The zero-order chi connectivity index (χ0) is 27.9. The molecule has 0 spiro atoms. The summed E-state index contributed by atoms with van der Waals surface area (Å²) in [6.45, 7) is 13.0. The largest absolute Gasteiger partial charge is 0.338 e. The van der Waals surface area contributed by atoms with Crippen LogP contribution in [0.1, 0.15) is 44.4 Å². The Morgan fingerprint density at radius 2 is 1.79 bits per heavy atom. The van der Waals surface area contributed by atoms with E-state index in [1.165, 1.54) is 17.7 Å². The van der Waals surface area contributed by atoms with Crippen LogP contribution in [0, 0.1) is 5.82 Å². The number of carbonyl (C=O) groups excluding carboxylic acids is 2. The first-order chi connectivity index (χ1) is 18.5. The summed E-state index contributed by atoms with van der Waals surface area (Å²) in [4.78, 5) is 35.0. The number of nitrogens with zero attached hydrogens (tertiary/aromatic N) is 4. The van der Waals surface area contributed by atoms with Crippen LogP contribution in [0.25, 0.3) is 0 Å². The first-order valence-corrected chi connectivity index (χ1v) is 14.1. The molecule has 2 saturated heterocycles. The van der Waals surface area contributed by atoms with E-state index >= 15 is 0 Å². The topological polar surface area (TPSA) is 59.1 Å². The number of carbonyl (C=O) groups is 2. The SMILES string of the molecule is C[C@@H]1CN(CC(=O)N2CC(C)(C)c3ccc(Cc4ccc(F)cc4)cc32)[C@@H](CN2C[C@H](C)N(C)CC2=O)CN1. The van der Waals surface area contributed by atoms with Crippen molar-refractivity contribution in [3.8, 4) is 0 Å². The third-order valence-corrected chi connectivity index (χ3v) is 8.73. The van der Waals surface area contributed by atoms with Crippen molar-refractivity contribution in [2.75, 3.05) is 57.8 Å². The van der Waals surface area contributed by atoms with Crippen LogP contribution in [-0.4, -0.2) is 97.5 Å². The van der Waals surface area contributed by atoms with Crippen molar-refractivity contribution in [1.82, 2.24) is 20.0 Å². The predicted molar refractivity (Wildman–Crippen MR) is 153 cm³/mol. The highest BCUT2D eigenvalue weighted by molar-refractivity contribution is 5.97. The van der Waals surface area contributed by atoms with Crippen LogP contribution in [0.5, 0.6) is 0 Å². The lowest BCUT2D eigenvalue weighted by atomic mass is 9.86. The van der Waals surface area contributed by atoms with E-state index in [0.29, 0.717) is 45.2 Å². The third kappa shape index (κ3) is 6.03. The van der Waals surface area contributed by atoms with E-state index in [4.69, 9.17) is 0 Å². The summed E-state index contributed by atoms with van der Waals surface area (Å²) >= 11 is 0. The van der Waals surface area contributed by atoms with Crippen LogP contribution in [0.4, 0.5) is 10.1 Å². The van der Waals surface area contributed by atoms with Gasteiger partial charge in [-0.2, -0.15) is 0 Å². The number of rotatable bonds is 6. The van der Waals surface area contributed by atoms with Crippen molar-refractivity contribution in [3.63, 3.8) is 0 Å². The molecule has 0 aliphatic carbocycles. The van der Waals surface area contributed by atoms with Gasteiger partial charge in [0.25, 0.3) is 0 Å². The molecule has 2 aromatic rings. The predicted octanol–water partition coefficient (Wildman–Crippen LogP) is 2.87. The monoisotopic (exact) mass is 535 g/mol. The number of hydrogen-bond donors (Lipinski definition) is 1. The third-order valence-electron chi connectivity index (χ3n) is 8.73. The number of nitrogens with one attached hydrogen (secondary N) is 1. The molecule has 3 heterocycles. The van der Waals surface area contributed by atoms with Crippen LogP contribution >= 0.6 is 0 Å². The van der Waals surface area contributed by atoms with E-state index in [2.05, 4.69) is 61.0 Å². The van der Waals surface area contributed by atoms with Crippen LogP contribution in [-0.2, 0) is 21.4 Å². The Morgan fingerprint density at radius 1 is 1.08 bits per heavy atom. The standard InChI is InChI=1S/C31H42FN5O2/c1-21-15-35(26(14-33-21)17-36-16-22(2)34(5)18-29(36)38)19-30(39)37-20-31(3,4)27-11-8-24(13-28(27)37)12-23-6-9-25(32)10-7-23/h6-11,13,21-22,26,33H,12,14-20H2,1-5H3/t21-,22+,26-/m1/s1. The number of halogens is 1. The number of anilines is 1.